The first kappa shape index (κ1) is 21.4. The molecular weight excluding hydrogens is 356 g/mol. The summed E-state index contributed by atoms with van der Waals surface area (Å²) in [6, 6.07) is 12.8. The molecular formula is C22H30N2O4. The summed E-state index contributed by atoms with van der Waals surface area (Å²) in [5.74, 6) is 1.60. The molecule has 0 saturated carbocycles. The van der Waals surface area contributed by atoms with Crippen LogP contribution in [0.3, 0.4) is 0 Å². The largest absolute Gasteiger partial charge is 0.494 e. The summed E-state index contributed by atoms with van der Waals surface area (Å²) in [5, 5.41) is 5.75. The van der Waals surface area contributed by atoms with Crippen molar-refractivity contribution < 1.29 is 19.0 Å². The molecule has 6 heteroatoms. The number of nitrogens with one attached hydrogen (secondary N) is 2. The van der Waals surface area contributed by atoms with Crippen LogP contribution in [0.4, 0.5) is 10.5 Å². The first-order valence-corrected chi connectivity index (χ1v) is 9.60. The average molecular weight is 386 g/mol. The van der Waals surface area contributed by atoms with Crippen molar-refractivity contribution >= 4 is 11.7 Å². The SMILES string of the molecule is CCCCCOc1cc(OC)c(NC(=O)N[C@@H](C)c2ccccc2)c(OC)c1. The smallest absolute Gasteiger partial charge is 0.319 e. The summed E-state index contributed by atoms with van der Waals surface area (Å²) >= 11 is 0. The van der Waals surface area contributed by atoms with Crippen molar-refractivity contribution in [2.45, 2.75) is 39.2 Å². The fourth-order valence-corrected chi connectivity index (χ4v) is 2.81. The Morgan fingerprint density at radius 1 is 1.04 bits per heavy atom. The normalized spacial score (nSPS) is 11.4. The molecule has 0 heterocycles. The number of rotatable bonds is 10. The maximum Gasteiger partial charge on any atom is 0.319 e. The number of ether oxygens (including phenoxy) is 3. The highest BCUT2D eigenvalue weighted by atomic mass is 16.5. The fourth-order valence-electron chi connectivity index (χ4n) is 2.81. The van der Waals surface area contributed by atoms with E-state index in [4.69, 9.17) is 14.2 Å². The zero-order chi connectivity index (χ0) is 20.4. The molecule has 0 aliphatic rings. The number of carbonyl (C=O) groups excluding carboxylic acids is 1. The van der Waals surface area contributed by atoms with E-state index in [9.17, 15) is 4.79 Å². The van der Waals surface area contributed by atoms with Crippen molar-refractivity contribution in [1.82, 2.24) is 5.32 Å². The van der Waals surface area contributed by atoms with E-state index in [1.165, 1.54) is 0 Å². The van der Waals surface area contributed by atoms with Gasteiger partial charge in [-0.15, -0.1) is 0 Å². The third-order valence-corrected chi connectivity index (χ3v) is 4.38. The first-order chi connectivity index (χ1) is 13.6. The molecule has 0 aliphatic heterocycles. The maximum atomic E-state index is 12.5. The molecule has 0 aromatic heterocycles. The van der Waals surface area contributed by atoms with Gasteiger partial charge in [0.1, 0.15) is 22.9 Å². The summed E-state index contributed by atoms with van der Waals surface area (Å²) in [7, 11) is 3.09. The summed E-state index contributed by atoms with van der Waals surface area (Å²) in [5.41, 5.74) is 1.48. The van der Waals surface area contributed by atoms with Gasteiger partial charge in [-0.1, -0.05) is 50.1 Å². The van der Waals surface area contributed by atoms with Gasteiger partial charge in [-0.05, 0) is 18.9 Å². The van der Waals surface area contributed by atoms with Crippen molar-refractivity contribution in [3.8, 4) is 17.2 Å². The summed E-state index contributed by atoms with van der Waals surface area (Å²) < 4.78 is 16.7. The number of anilines is 1. The van der Waals surface area contributed by atoms with Crippen LogP contribution in [0.15, 0.2) is 42.5 Å². The number of carbonyl (C=O) groups is 1. The van der Waals surface area contributed by atoms with Crippen molar-refractivity contribution in [3.63, 3.8) is 0 Å². The van der Waals surface area contributed by atoms with Gasteiger partial charge in [0, 0.05) is 12.1 Å². The lowest BCUT2D eigenvalue weighted by molar-refractivity contribution is 0.249. The molecule has 2 rings (SSSR count). The molecule has 2 aromatic carbocycles. The van der Waals surface area contributed by atoms with E-state index in [1.807, 2.05) is 37.3 Å². The predicted octanol–water partition coefficient (Wildman–Crippen LogP) is 5.16. The Bertz CT molecular complexity index is 724. The van der Waals surface area contributed by atoms with E-state index in [1.54, 1.807) is 26.4 Å². The van der Waals surface area contributed by atoms with E-state index in [2.05, 4.69) is 17.6 Å². The van der Waals surface area contributed by atoms with Crippen LogP contribution in [-0.4, -0.2) is 26.9 Å². The van der Waals surface area contributed by atoms with Gasteiger partial charge >= 0.3 is 6.03 Å². The van der Waals surface area contributed by atoms with Gasteiger partial charge in [0.05, 0.1) is 26.9 Å². The molecule has 152 valence electrons. The van der Waals surface area contributed by atoms with Crippen molar-refractivity contribution in [3.05, 3.63) is 48.0 Å². The van der Waals surface area contributed by atoms with Gasteiger partial charge in [0.2, 0.25) is 0 Å². The van der Waals surface area contributed by atoms with E-state index in [0.717, 1.165) is 24.8 Å². The van der Waals surface area contributed by atoms with Gasteiger partial charge in [-0.2, -0.15) is 0 Å². The Balaban J connectivity index is 2.09. The molecule has 0 radical (unpaired) electrons. The molecule has 0 saturated heterocycles. The van der Waals surface area contributed by atoms with Crippen LogP contribution in [0.2, 0.25) is 0 Å². The number of urea groups is 1. The Morgan fingerprint density at radius 3 is 2.25 bits per heavy atom. The molecule has 2 N–H and O–H groups in total. The van der Waals surface area contributed by atoms with Crippen molar-refractivity contribution in [1.29, 1.82) is 0 Å². The number of hydrogen-bond acceptors (Lipinski definition) is 4. The Labute approximate surface area is 167 Å². The lowest BCUT2D eigenvalue weighted by Gasteiger charge is -2.19. The number of benzene rings is 2. The summed E-state index contributed by atoms with van der Waals surface area (Å²) in [6.45, 7) is 4.70. The quantitative estimate of drug-likeness (QED) is 0.554. The standard InChI is InChI=1S/C22H30N2O4/c1-5-6-10-13-28-18-14-19(26-3)21(20(15-18)27-4)24-22(25)23-16(2)17-11-8-7-9-12-17/h7-9,11-12,14-16H,5-6,10,13H2,1-4H3,(H2,23,24,25)/t16-/m0/s1. The minimum atomic E-state index is -0.343. The zero-order valence-electron chi connectivity index (χ0n) is 17.1. The Morgan fingerprint density at radius 2 is 1.68 bits per heavy atom. The van der Waals surface area contributed by atoms with Gasteiger partial charge in [0.25, 0.3) is 0 Å². The molecule has 2 aromatic rings. The molecule has 2 amide bonds. The second-order valence-corrected chi connectivity index (χ2v) is 6.49. The second kappa shape index (κ2) is 11.1. The Hall–Kier alpha value is -2.89. The van der Waals surface area contributed by atoms with Crippen LogP contribution in [0.5, 0.6) is 17.2 Å². The highest BCUT2D eigenvalue weighted by molar-refractivity contribution is 5.93. The van der Waals surface area contributed by atoms with E-state index in [-0.39, 0.29) is 12.1 Å². The van der Waals surface area contributed by atoms with Crippen LogP contribution in [-0.2, 0) is 0 Å². The van der Waals surface area contributed by atoms with E-state index in [0.29, 0.717) is 29.5 Å². The number of hydrogen-bond donors (Lipinski definition) is 2. The predicted molar refractivity (Wildman–Crippen MR) is 112 cm³/mol. The minimum absolute atomic E-state index is 0.139. The topological polar surface area (TPSA) is 68.8 Å². The molecule has 28 heavy (non-hydrogen) atoms. The molecule has 0 unspecified atom stereocenters. The summed E-state index contributed by atoms with van der Waals surface area (Å²) in [4.78, 5) is 12.5. The number of methoxy groups -OCH3 is 2. The first-order valence-electron chi connectivity index (χ1n) is 9.60. The molecule has 0 bridgehead atoms. The second-order valence-electron chi connectivity index (χ2n) is 6.49. The third-order valence-electron chi connectivity index (χ3n) is 4.38. The summed E-state index contributed by atoms with van der Waals surface area (Å²) in [6.07, 6.45) is 3.24. The zero-order valence-corrected chi connectivity index (χ0v) is 17.1. The molecule has 0 spiro atoms. The van der Waals surface area contributed by atoms with Gasteiger partial charge in [-0.25, -0.2) is 4.79 Å². The Kier molecular flexibility index (Phi) is 8.46. The maximum absolute atomic E-state index is 12.5. The van der Waals surface area contributed by atoms with Crippen LogP contribution in [0.25, 0.3) is 0 Å². The van der Waals surface area contributed by atoms with Crippen molar-refractivity contribution in [2.75, 3.05) is 26.1 Å². The molecule has 0 aliphatic carbocycles. The third kappa shape index (κ3) is 6.08. The number of unbranched alkanes of at least 4 members (excludes halogenated alkanes) is 2. The lowest BCUT2D eigenvalue weighted by atomic mass is 10.1. The van der Waals surface area contributed by atoms with Crippen LogP contribution >= 0.6 is 0 Å². The van der Waals surface area contributed by atoms with E-state index < -0.39 is 0 Å². The number of amides is 2. The van der Waals surface area contributed by atoms with Gasteiger partial charge in [0.15, 0.2) is 0 Å². The highest BCUT2D eigenvalue weighted by Crippen LogP contribution is 2.39. The highest BCUT2D eigenvalue weighted by Gasteiger charge is 2.17. The van der Waals surface area contributed by atoms with E-state index >= 15 is 0 Å². The van der Waals surface area contributed by atoms with Crippen molar-refractivity contribution in [2.24, 2.45) is 0 Å². The monoisotopic (exact) mass is 386 g/mol. The minimum Gasteiger partial charge on any atom is -0.494 e. The van der Waals surface area contributed by atoms with Gasteiger partial charge in [-0.3, -0.25) is 0 Å². The lowest BCUT2D eigenvalue weighted by Crippen LogP contribution is -2.31. The van der Waals surface area contributed by atoms with Crippen LogP contribution < -0.4 is 24.8 Å². The van der Waals surface area contributed by atoms with Crippen LogP contribution in [0.1, 0.15) is 44.7 Å². The average Bonchev–Trinajstić information content (AvgIpc) is 2.72. The molecule has 0 fully saturated rings. The fraction of sp³-hybridized carbons (Fsp3) is 0.409. The van der Waals surface area contributed by atoms with Crippen LogP contribution in [0, 0.1) is 0 Å². The van der Waals surface area contributed by atoms with Gasteiger partial charge < -0.3 is 24.8 Å². The molecule has 6 nitrogen and oxygen atoms in total. The molecule has 1 atom stereocenters.